The van der Waals surface area contributed by atoms with E-state index in [1.807, 2.05) is 0 Å². The molecule has 0 bridgehead atoms. The number of carboxylic acids is 1. The van der Waals surface area contributed by atoms with Crippen LogP contribution in [0.25, 0.3) is 0 Å². The lowest BCUT2D eigenvalue weighted by molar-refractivity contribution is -0.141. The first-order valence-electron chi connectivity index (χ1n) is 7.15. The molecule has 0 spiro atoms. The number of carboxylic acid groups (broad SMARTS) is 1. The Morgan fingerprint density at radius 1 is 1.30 bits per heavy atom. The van der Waals surface area contributed by atoms with Crippen LogP contribution in [-0.2, 0) is 4.79 Å². The van der Waals surface area contributed by atoms with Gasteiger partial charge in [-0.3, -0.25) is 9.59 Å². The zero-order chi connectivity index (χ0) is 16.6. The Labute approximate surface area is 137 Å². The van der Waals surface area contributed by atoms with E-state index in [9.17, 15) is 14.7 Å². The van der Waals surface area contributed by atoms with Gasteiger partial charge in [-0.25, -0.2) is 4.98 Å². The Morgan fingerprint density at radius 3 is 2.57 bits per heavy atom. The van der Waals surface area contributed by atoms with Gasteiger partial charge in [-0.05, 0) is 24.6 Å². The van der Waals surface area contributed by atoms with Crippen LogP contribution in [0.3, 0.4) is 0 Å². The minimum atomic E-state index is -0.919. The van der Waals surface area contributed by atoms with Crippen LogP contribution in [0.5, 0.6) is 0 Å². The molecule has 2 heterocycles. The molecule has 1 N–H and O–H groups in total. The first-order valence-corrected chi connectivity index (χ1v) is 7.53. The number of nitrogens with zero attached hydrogens (tertiary/aromatic N) is 2. The van der Waals surface area contributed by atoms with Crippen molar-refractivity contribution in [2.24, 2.45) is 5.92 Å². The highest BCUT2D eigenvalue weighted by molar-refractivity contribution is 6.30. The van der Waals surface area contributed by atoms with Gasteiger partial charge < -0.3 is 14.4 Å². The number of rotatable bonds is 3. The molecule has 2 atom stereocenters. The summed E-state index contributed by atoms with van der Waals surface area (Å²) in [5.41, 5.74) is 1.08. The number of carbonyl (C=O) groups excluding carboxylic acids is 1. The molecule has 1 amide bonds. The number of carbonyl (C=O) groups is 2. The summed E-state index contributed by atoms with van der Waals surface area (Å²) in [5.74, 6) is -1.74. The maximum atomic E-state index is 12.5. The molecular formula is C16H15ClN2O4. The number of oxazole rings is 1. The molecule has 1 aliphatic rings. The Morgan fingerprint density at radius 2 is 2.00 bits per heavy atom. The minimum Gasteiger partial charge on any atom is -0.481 e. The zero-order valence-corrected chi connectivity index (χ0v) is 13.2. The molecule has 2 aromatic rings. The van der Waals surface area contributed by atoms with E-state index in [1.54, 1.807) is 31.2 Å². The molecule has 6 nitrogen and oxygen atoms in total. The summed E-state index contributed by atoms with van der Waals surface area (Å²) in [4.78, 5) is 29.5. The number of hydrogen-bond acceptors (Lipinski definition) is 4. The van der Waals surface area contributed by atoms with Gasteiger partial charge in [0.1, 0.15) is 5.76 Å². The largest absolute Gasteiger partial charge is 0.481 e. The Bertz CT molecular complexity index is 741. The number of aromatic nitrogens is 1. The number of hydrogen-bond donors (Lipinski definition) is 1. The van der Waals surface area contributed by atoms with Crippen LogP contribution >= 0.6 is 11.6 Å². The van der Waals surface area contributed by atoms with Crippen molar-refractivity contribution in [1.29, 1.82) is 0 Å². The molecule has 0 aliphatic carbocycles. The molecule has 120 valence electrons. The highest BCUT2D eigenvalue weighted by Crippen LogP contribution is 2.34. The molecule has 1 fully saturated rings. The van der Waals surface area contributed by atoms with E-state index in [-0.39, 0.29) is 24.1 Å². The average Bonchev–Trinajstić information content (AvgIpc) is 3.14. The van der Waals surface area contributed by atoms with Crippen LogP contribution in [0.4, 0.5) is 0 Å². The smallest absolute Gasteiger partial charge is 0.308 e. The number of benzene rings is 1. The van der Waals surface area contributed by atoms with Crippen molar-refractivity contribution in [3.05, 3.63) is 52.7 Å². The SMILES string of the molecule is Cc1ocnc1C(=O)N1C[C@@H](C(=O)O)[C@H](c2ccc(Cl)cc2)C1. The first-order chi connectivity index (χ1) is 11.0. The maximum Gasteiger partial charge on any atom is 0.308 e. The second-order valence-corrected chi connectivity index (χ2v) is 6.01. The normalized spacial score (nSPS) is 20.7. The Balaban J connectivity index is 1.86. The van der Waals surface area contributed by atoms with Gasteiger partial charge in [0.15, 0.2) is 12.1 Å². The summed E-state index contributed by atoms with van der Waals surface area (Å²) in [7, 11) is 0. The molecule has 7 heteroatoms. The van der Waals surface area contributed by atoms with Gasteiger partial charge in [0, 0.05) is 24.0 Å². The lowest BCUT2D eigenvalue weighted by Crippen LogP contribution is -2.30. The van der Waals surface area contributed by atoms with Crippen molar-refractivity contribution in [2.75, 3.05) is 13.1 Å². The fourth-order valence-electron chi connectivity index (χ4n) is 2.93. The number of aryl methyl sites for hydroxylation is 1. The molecule has 0 unspecified atom stereocenters. The number of amides is 1. The van der Waals surface area contributed by atoms with E-state index in [4.69, 9.17) is 16.0 Å². The Kier molecular flexibility index (Phi) is 4.09. The third-order valence-electron chi connectivity index (χ3n) is 4.17. The topological polar surface area (TPSA) is 83.6 Å². The van der Waals surface area contributed by atoms with Crippen LogP contribution in [-0.4, -0.2) is 40.0 Å². The lowest BCUT2D eigenvalue weighted by Gasteiger charge is -2.15. The summed E-state index contributed by atoms with van der Waals surface area (Å²) >= 11 is 5.88. The molecule has 1 aliphatic heterocycles. The van der Waals surface area contributed by atoms with Crippen molar-refractivity contribution in [3.63, 3.8) is 0 Å². The molecule has 0 saturated carbocycles. The lowest BCUT2D eigenvalue weighted by atomic mass is 9.89. The molecule has 1 aromatic heterocycles. The van der Waals surface area contributed by atoms with Crippen molar-refractivity contribution in [3.8, 4) is 0 Å². The predicted molar refractivity (Wildman–Crippen MR) is 82.5 cm³/mol. The van der Waals surface area contributed by atoms with Gasteiger partial charge in [0.2, 0.25) is 0 Å². The average molecular weight is 335 g/mol. The van der Waals surface area contributed by atoms with Crippen LogP contribution in [0.2, 0.25) is 5.02 Å². The monoisotopic (exact) mass is 334 g/mol. The van der Waals surface area contributed by atoms with Gasteiger partial charge in [-0.15, -0.1) is 0 Å². The number of halogens is 1. The van der Waals surface area contributed by atoms with Crippen molar-refractivity contribution in [1.82, 2.24) is 9.88 Å². The summed E-state index contributed by atoms with van der Waals surface area (Å²) < 4.78 is 5.05. The summed E-state index contributed by atoms with van der Waals surface area (Å²) in [5, 5.41) is 10.1. The van der Waals surface area contributed by atoms with E-state index in [2.05, 4.69) is 4.98 Å². The summed E-state index contributed by atoms with van der Waals surface area (Å²) in [6.45, 7) is 2.12. The predicted octanol–water partition coefficient (Wildman–Crippen LogP) is 2.58. The molecule has 1 saturated heterocycles. The number of likely N-dealkylation sites (tertiary alicyclic amines) is 1. The van der Waals surface area contributed by atoms with E-state index in [0.29, 0.717) is 17.3 Å². The van der Waals surface area contributed by atoms with Gasteiger partial charge in [-0.1, -0.05) is 23.7 Å². The zero-order valence-electron chi connectivity index (χ0n) is 12.4. The Hall–Kier alpha value is -2.34. The van der Waals surface area contributed by atoms with Gasteiger partial charge in [0.05, 0.1) is 5.92 Å². The molecule has 23 heavy (non-hydrogen) atoms. The fraction of sp³-hybridized carbons (Fsp3) is 0.312. The van der Waals surface area contributed by atoms with Gasteiger partial charge in [-0.2, -0.15) is 0 Å². The molecule has 1 aromatic carbocycles. The summed E-state index contributed by atoms with van der Waals surface area (Å²) in [6, 6.07) is 7.06. The third-order valence-corrected chi connectivity index (χ3v) is 4.42. The minimum absolute atomic E-state index is 0.147. The standard InChI is InChI=1S/C16H15ClN2O4/c1-9-14(18-8-23-9)15(20)19-6-12(13(7-19)16(21)22)10-2-4-11(17)5-3-10/h2-5,8,12-13H,6-7H2,1H3,(H,21,22)/t12-,13+/m0/s1. The van der Waals surface area contributed by atoms with Crippen LogP contribution < -0.4 is 0 Å². The quantitative estimate of drug-likeness (QED) is 0.932. The van der Waals surface area contributed by atoms with Crippen LogP contribution in [0.1, 0.15) is 27.7 Å². The molecule has 3 rings (SSSR count). The van der Waals surface area contributed by atoms with Gasteiger partial charge >= 0.3 is 5.97 Å². The molecular weight excluding hydrogens is 320 g/mol. The molecule has 0 radical (unpaired) electrons. The maximum absolute atomic E-state index is 12.5. The van der Waals surface area contributed by atoms with Crippen LogP contribution in [0, 0.1) is 12.8 Å². The van der Waals surface area contributed by atoms with Crippen molar-refractivity contribution < 1.29 is 19.1 Å². The van der Waals surface area contributed by atoms with E-state index in [1.165, 1.54) is 11.3 Å². The second-order valence-electron chi connectivity index (χ2n) is 5.57. The third kappa shape index (κ3) is 2.94. The second kappa shape index (κ2) is 6.04. The number of aliphatic carboxylic acids is 1. The van der Waals surface area contributed by atoms with E-state index < -0.39 is 11.9 Å². The van der Waals surface area contributed by atoms with Crippen LogP contribution in [0.15, 0.2) is 35.1 Å². The van der Waals surface area contributed by atoms with E-state index in [0.717, 1.165) is 5.56 Å². The van der Waals surface area contributed by atoms with E-state index >= 15 is 0 Å². The highest BCUT2D eigenvalue weighted by atomic mass is 35.5. The summed E-state index contributed by atoms with van der Waals surface area (Å²) in [6.07, 6.45) is 1.21. The van der Waals surface area contributed by atoms with Crippen molar-refractivity contribution in [2.45, 2.75) is 12.8 Å². The fourth-order valence-corrected chi connectivity index (χ4v) is 3.05. The van der Waals surface area contributed by atoms with Gasteiger partial charge in [0.25, 0.3) is 5.91 Å². The first kappa shape index (κ1) is 15.6. The highest BCUT2D eigenvalue weighted by Gasteiger charge is 2.41. The van der Waals surface area contributed by atoms with Crippen molar-refractivity contribution >= 4 is 23.5 Å².